The predicted octanol–water partition coefficient (Wildman–Crippen LogP) is 3.28. The number of rotatable bonds is 4. The Morgan fingerprint density at radius 2 is 1.95 bits per heavy atom. The Kier molecular flexibility index (Phi) is 5.84. The number of aliphatic carboxylic acids is 1. The molecule has 2 unspecified atom stereocenters. The summed E-state index contributed by atoms with van der Waals surface area (Å²) in [7, 11) is 0. The van der Waals surface area contributed by atoms with Crippen molar-refractivity contribution >= 4 is 12.1 Å². The third kappa shape index (κ3) is 5.02. The molecule has 0 aromatic rings. The highest BCUT2D eigenvalue weighted by Gasteiger charge is 2.37. The Morgan fingerprint density at radius 3 is 2.45 bits per heavy atom. The van der Waals surface area contributed by atoms with Gasteiger partial charge in [0.1, 0.15) is 11.6 Å². The number of carboxylic acid groups (broad SMARTS) is 1. The summed E-state index contributed by atoms with van der Waals surface area (Å²) in [4.78, 5) is 24.9. The molecule has 0 bridgehead atoms. The second-order valence-corrected chi connectivity index (χ2v) is 6.57. The lowest BCUT2D eigenvalue weighted by molar-refractivity contribution is -0.145. The van der Waals surface area contributed by atoms with Crippen LogP contribution in [0.5, 0.6) is 0 Å². The second-order valence-electron chi connectivity index (χ2n) is 6.57. The van der Waals surface area contributed by atoms with Crippen molar-refractivity contribution in [3.63, 3.8) is 0 Å². The Balaban J connectivity index is 2.73. The van der Waals surface area contributed by atoms with Gasteiger partial charge in [0.2, 0.25) is 0 Å². The molecule has 1 saturated heterocycles. The molecule has 5 nitrogen and oxygen atoms in total. The number of hydrogen-bond donors (Lipinski definition) is 1. The molecule has 1 rings (SSSR count). The van der Waals surface area contributed by atoms with E-state index in [2.05, 4.69) is 6.92 Å². The summed E-state index contributed by atoms with van der Waals surface area (Å²) in [6.07, 6.45) is 4.16. The summed E-state index contributed by atoms with van der Waals surface area (Å²) >= 11 is 0. The number of unbranched alkanes of at least 4 members (excludes halogenated alkanes) is 1. The monoisotopic (exact) mass is 285 g/mol. The third-order valence-corrected chi connectivity index (χ3v) is 3.56. The molecule has 0 aromatic heterocycles. The van der Waals surface area contributed by atoms with Crippen LogP contribution in [0, 0.1) is 5.92 Å². The van der Waals surface area contributed by atoms with Gasteiger partial charge in [-0.15, -0.1) is 0 Å². The molecule has 0 radical (unpaired) electrons. The van der Waals surface area contributed by atoms with E-state index in [9.17, 15) is 14.7 Å². The smallest absolute Gasteiger partial charge is 0.411 e. The van der Waals surface area contributed by atoms with Crippen LogP contribution in [-0.4, -0.2) is 40.3 Å². The van der Waals surface area contributed by atoms with Gasteiger partial charge in [0.25, 0.3) is 0 Å². The van der Waals surface area contributed by atoms with Gasteiger partial charge < -0.3 is 9.84 Å². The summed E-state index contributed by atoms with van der Waals surface area (Å²) in [6.45, 7) is 8.00. The van der Waals surface area contributed by atoms with Crippen LogP contribution in [0.25, 0.3) is 0 Å². The molecule has 0 aliphatic carbocycles. The number of piperidine rings is 1. The minimum absolute atomic E-state index is 0.387. The van der Waals surface area contributed by atoms with Crippen LogP contribution in [0.1, 0.15) is 59.8 Å². The van der Waals surface area contributed by atoms with Crippen LogP contribution >= 0.6 is 0 Å². The SMILES string of the molecule is CCCCC1CCC(C(=O)O)N(C(=O)OC(C)(C)C)C1. The van der Waals surface area contributed by atoms with Crippen molar-refractivity contribution in [3.8, 4) is 0 Å². The lowest BCUT2D eigenvalue weighted by Gasteiger charge is -2.38. The van der Waals surface area contributed by atoms with Crippen LogP contribution in [0.2, 0.25) is 0 Å². The maximum Gasteiger partial charge on any atom is 0.411 e. The van der Waals surface area contributed by atoms with Crippen molar-refractivity contribution in [2.24, 2.45) is 5.92 Å². The summed E-state index contributed by atoms with van der Waals surface area (Å²) < 4.78 is 5.33. The fraction of sp³-hybridized carbons (Fsp3) is 0.867. The quantitative estimate of drug-likeness (QED) is 0.860. The molecular weight excluding hydrogens is 258 g/mol. The van der Waals surface area contributed by atoms with Crippen molar-refractivity contribution in [1.29, 1.82) is 0 Å². The number of likely N-dealkylation sites (tertiary alicyclic amines) is 1. The van der Waals surface area contributed by atoms with Gasteiger partial charge in [-0.05, 0) is 46.0 Å². The highest BCUT2D eigenvalue weighted by atomic mass is 16.6. The van der Waals surface area contributed by atoms with Crippen LogP contribution < -0.4 is 0 Å². The second kappa shape index (κ2) is 6.95. The Bertz CT molecular complexity index is 348. The normalized spacial score (nSPS) is 23.5. The average molecular weight is 285 g/mol. The van der Waals surface area contributed by atoms with Gasteiger partial charge in [0.15, 0.2) is 0 Å². The van der Waals surface area contributed by atoms with E-state index in [1.165, 1.54) is 4.90 Å². The molecule has 1 amide bonds. The van der Waals surface area contributed by atoms with E-state index in [0.29, 0.717) is 18.9 Å². The minimum atomic E-state index is -0.940. The molecular formula is C15H27NO4. The Hall–Kier alpha value is -1.26. The van der Waals surface area contributed by atoms with Crippen LogP contribution in [-0.2, 0) is 9.53 Å². The summed E-state index contributed by atoms with van der Waals surface area (Å²) in [6, 6.07) is -0.747. The van der Waals surface area contributed by atoms with Crippen LogP contribution in [0.3, 0.4) is 0 Å². The number of hydrogen-bond acceptors (Lipinski definition) is 3. The first kappa shape index (κ1) is 16.8. The number of nitrogens with zero attached hydrogens (tertiary/aromatic N) is 1. The molecule has 20 heavy (non-hydrogen) atoms. The molecule has 0 saturated carbocycles. The zero-order chi connectivity index (χ0) is 15.3. The van der Waals surface area contributed by atoms with Crippen molar-refractivity contribution in [3.05, 3.63) is 0 Å². The topological polar surface area (TPSA) is 66.8 Å². The van der Waals surface area contributed by atoms with Gasteiger partial charge in [-0.1, -0.05) is 19.8 Å². The molecule has 1 fully saturated rings. The largest absolute Gasteiger partial charge is 0.480 e. The number of ether oxygens (including phenoxy) is 1. The van der Waals surface area contributed by atoms with E-state index in [0.717, 1.165) is 25.7 Å². The number of carbonyl (C=O) groups is 2. The van der Waals surface area contributed by atoms with Gasteiger partial charge >= 0.3 is 12.1 Å². The van der Waals surface area contributed by atoms with E-state index in [-0.39, 0.29) is 0 Å². The molecule has 5 heteroatoms. The average Bonchev–Trinajstić information content (AvgIpc) is 2.33. The highest BCUT2D eigenvalue weighted by Crippen LogP contribution is 2.27. The van der Waals surface area contributed by atoms with Crippen molar-refractivity contribution < 1.29 is 19.4 Å². The van der Waals surface area contributed by atoms with Crippen molar-refractivity contribution in [2.75, 3.05) is 6.54 Å². The van der Waals surface area contributed by atoms with E-state index < -0.39 is 23.7 Å². The third-order valence-electron chi connectivity index (χ3n) is 3.56. The number of carbonyl (C=O) groups excluding carboxylic acids is 1. The molecule has 0 aromatic carbocycles. The first-order chi connectivity index (χ1) is 9.24. The van der Waals surface area contributed by atoms with Gasteiger partial charge in [0.05, 0.1) is 0 Å². The Labute approximate surface area is 121 Å². The Morgan fingerprint density at radius 1 is 1.30 bits per heavy atom. The van der Waals surface area contributed by atoms with E-state index >= 15 is 0 Å². The predicted molar refractivity (Wildman–Crippen MR) is 76.6 cm³/mol. The summed E-state index contributed by atoms with van der Waals surface area (Å²) in [5, 5.41) is 9.27. The lowest BCUT2D eigenvalue weighted by atomic mass is 9.89. The number of amides is 1. The van der Waals surface area contributed by atoms with Gasteiger partial charge in [-0.25, -0.2) is 9.59 Å². The maximum absolute atomic E-state index is 12.2. The van der Waals surface area contributed by atoms with Crippen molar-refractivity contribution in [2.45, 2.75) is 71.4 Å². The summed E-state index contributed by atoms with van der Waals surface area (Å²) in [5.74, 6) is -0.553. The molecule has 1 N–H and O–H groups in total. The lowest BCUT2D eigenvalue weighted by Crippen LogP contribution is -2.52. The van der Waals surface area contributed by atoms with E-state index in [4.69, 9.17) is 4.74 Å². The van der Waals surface area contributed by atoms with E-state index in [1.807, 2.05) is 0 Å². The van der Waals surface area contributed by atoms with Gasteiger partial charge in [-0.2, -0.15) is 0 Å². The molecule has 1 heterocycles. The van der Waals surface area contributed by atoms with Crippen molar-refractivity contribution in [1.82, 2.24) is 4.90 Å². The van der Waals surface area contributed by atoms with Gasteiger partial charge in [-0.3, -0.25) is 4.90 Å². The fourth-order valence-corrected chi connectivity index (χ4v) is 2.55. The van der Waals surface area contributed by atoms with Crippen LogP contribution in [0.15, 0.2) is 0 Å². The zero-order valence-corrected chi connectivity index (χ0v) is 13.0. The molecule has 1 aliphatic rings. The zero-order valence-electron chi connectivity index (χ0n) is 13.0. The minimum Gasteiger partial charge on any atom is -0.480 e. The first-order valence-corrected chi connectivity index (χ1v) is 7.47. The van der Waals surface area contributed by atoms with Gasteiger partial charge in [0, 0.05) is 6.54 Å². The standard InChI is InChI=1S/C15H27NO4/c1-5-6-7-11-8-9-12(13(17)18)16(10-11)14(19)20-15(2,3)4/h11-12H,5-10H2,1-4H3,(H,17,18). The van der Waals surface area contributed by atoms with E-state index in [1.54, 1.807) is 20.8 Å². The fourth-order valence-electron chi connectivity index (χ4n) is 2.55. The summed E-state index contributed by atoms with van der Waals surface area (Å²) in [5.41, 5.74) is -0.601. The first-order valence-electron chi connectivity index (χ1n) is 7.47. The van der Waals surface area contributed by atoms with Crippen LogP contribution in [0.4, 0.5) is 4.79 Å². The molecule has 116 valence electrons. The molecule has 0 spiro atoms. The molecule has 2 atom stereocenters. The molecule has 1 aliphatic heterocycles. The highest BCUT2D eigenvalue weighted by molar-refractivity contribution is 5.80. The maximum atomic E-state index is 12.2. The number of carboxylic acids is 1.